The third-order valence-corrected chi connectivity index (χ3v) is 5.18. The summed E-state index contributed by atoms with van der Waals surface area (Å²) in [5.41, 5.74) is 0.879. The first-order valence-corrected chi connectivity index (χ1v) is 9.76. The van der Waals surface area contributed by atoms with Gasteiger partial charge in [0.25, 0.3) is 5.56 Å². The van der Waals surface area contributed by atoms with Crippen molar-refractivity contribution in [2.45, 2.75) is 26.2 Å². The zero-order chi connectivity index (χ0) is 19.5. The molecule has 0 unspecified atom stereocenters. The molecule has 6 heteroatoms. The summed E-state index contributed by atoms with van der Waals surface area (Å²) in [5.74, 6) is 0.900. The third kappa shape index (κ3) is 3.92. The molecule has 2 aromatic carbocycles. The summed E-state index contributed by atoms with van der Waals surface area (Å²) in [6.45, 7) is 5.91. The highest BCUT2D eigenvalue weighted by molar-refractivity contribution is 5.78. The summed E-state index contributed by atoms with van der Waals surface area (Å²) in [6, 6.07) is 11.5. The SMILES string of the molecule is Cc1nc2cc(F)ccc2c(=O)n1-c1ccc(OCCCN2CCCC2)cc1. The largest absolute Gasteiger partial charge is 0.494 e. The van der Waals surface area contributed by atoms with Crippen molar-refractivity contribution in [1.29, 1.82) is 0 Å². The number of hydrogen-bond donors (Lipinski definition) is 0. The first kappa shape index (κ1) is 18.6. The van der Waals surface area contributed by atoms with Crippen molar-refractivity contribution >= 4 is 10.9 Å². The predicted molar refractivity (Wildman–Crippen MR) is 108 cm³/mol. The van der Waals surface area contributed by atoms with Crippen LogP contribution in [0.15, 0.2) is 47.3 Å². The topological polar surface area (TPSA) is 47.4 Å². The van der Waals surface area contributed by atoms with Crippen LogP contribution in [0.1, 0.15) is 25.1 Å². The summed E-state index contributed by atoms with van der Waals surface area (Å²) >= 11 is 0. The Bertz CT molecular complexity index is 1020. The van der Waals surface area contributed by atoms with Gasteiger partial charge in [-0.25, -0.2) is 9.37 Å². The molecule has 1 aromatic heterocycles. The van der Waals surface area contributed by atoms with Crippen LogP contribution in [0, 0.1) is 12.7 Å². The maximum Gasteiger partial charge on any atom is 0.265 e. The summed E-state index contributed by atoms with van der Waals surface area (Å²) in [5, 5.41) is 0.397. The minimum atomic E-state index is -0.400. The van der Waals surface area contributed by atoms with E-state index in [1.165, 1.54) is 48.7 Å². The molecular formula is C22H24FN3O2. The van der Waals surface area contributed by atoms with Crippen LogP contribution in [0.5, 0.6) is 5.75 Å². The van der Waals surface area contributed by atoms with Crippen LogP contribution in [-0.4, -0.2) is 40.7 Å². The molecule has 3 aromatic rings. The molecule has 0 radical (unpaired) electrons. The summed E-state index contributed by atoms with van der Waals surface area (Å²) < 4.78 is 20.8. The van der Waals surface area contributed by atoms with E-state index >= 15 is 0 Å². The quantitative estimate of drug-likeness (QED) is 0.611. The second-order valence-corrected chi connectivity index (χ2v) is 7.21. The van der Waals surface area contributed by atoms with Gasteiger partial charge in [-0.15, -0.1) is 0 Å². The molecule has 28 heavy (non-hydrogen) atoms. The van der Waals surface area contributed by atoms with Crippen LogP contribution >= 0.6 is 0 Å². The lowest BCUT2D eigenvalue weighted by Crippen LogP contribution is -2.22. The molecule has 0 bridgehead atoms. The first-order valence-electron chi connectivity index (χ1n) is 9.76. The van der Waals surface area contributed by atoms with Gasteiger partial charge in [0, 0.05) is 12.6 Å². The Hall–Kier alpha value is -2.73. The molecule has 146 valence electrons. The molecule has 0 amide bonds. The van der Waals surface area contributed by atoms with Crippen molar-refractivity contribution in [2.24, 2.45) is 0 Å². The maximum atomic E-state index is 13.4. The highest BCUT2D eigenvalue weighted by Crippen LogP contribution is 2.18. The van der Waals surface area contributed by atoms with E-state index in [0.717, 1.165) is 18.7 Å². The number of aromatic nitrogens is 2. The van der Waals surface area contributed by atoms with Crippen LogP contribution < -0.4 is 10.3 Å². The molecule has 5 nitrogen and oxygen atoms in total. The number of aryl methyl sites for hydroxylation is 1. The molecular weight excluding hydrogens is 357 g/mol. The zero-order valence-electron chi connectivity index (χ0n) is 16.0. The molecule has 0 spiro atoms. The molecule has 1 saturated heterocycles. The molecule has 1 fully saturated rings. The van der Waals surface area contributed by atoms with E-state index in [1.54, 1.807) is 6.92 Å². The number of nitrogens with zero attached hydrogens (tertiary/aromatic N) is 3. The van der Waals surface area contributed by atoms with Gasteiger partial charge in [-0.2, -0.15) is 0 Å². The molecule has 0 saturated carbocycles. The lowest BCUT2D eigenvalue weighted by atomic mass is 10.2. The van der Waals surface area contributed by atoms with Crippen molar-refractivity contribution in [3.8, 4) is 11.4 Å². The standard InChI is InChI=1S/C22H24FN3O2/c1-16-24-21-15-17(23)5-10-20(21)22(27)26(16)18-6-8-19(9-7-18)28-14-4-13-25-11-2-3-12-25/h5-10,15H,2-4,11-14H2,1H3. The fourth-order valence-electron chi connectivity index (χ4n) is 3.75. The Labute approximate surface area is 163 Å². The minimum Gasteiger partial charge on any atom is -0.494 e. The number of rotatable bonds is 6. The minimum absolute atomic E-state index is 0.207. The molecule has 2 heterocycles. The van der Waals surface area contributed by atoms with Gasteiger partial charge in [0.1, 0.15) is 17.4 Å². The average Bonchev–Trinajstić information content (AvgIpc) is 3.19. The van der Waals surface area contributed by atoms with Gasteiger partial charge in [0.15, 0.2) is 0 Å². The summed E-state index contributed by atoms with van der Waals surface area (Å²) in [6.07, 6.45) is 3.62. The van der Waals surface area contributed by atoms with E-state index in [0.29, 0.717) is 29.0 Å². The zero-order valence-corrected chi connectivity index (χ0v) is 16.0. The molecule has 0 N–H and O–H groups in total. The van der Waals surface area contributed by atoms with E-state index in [1.807, 2.05) is 24.3 Å². The monoisotopic (exact) mass is 381 g/mol. The fourth-order valence-corrected chi connectivity index (χ4v) is 3.75. The van der Waals surface area contributed by atoms with Crippen molar-refractivity contribution in [2.75, 3.05) is 26.2 Å². The van der Waals surface area contributed by atoms with Crippen LogP contribution in [0.4, 0.5) is 4.39 Å². The molecule has 0 aliphatic carbocycles. The van der Waals surface area contributed by atoms with Crippen molar-refractivity contribution in [3.05, 3.63) is 64.5 Å². The first-order chi connectivity index (χ1) is 13.6. The second kappa shape index (κ2) is 8.10. The van der Waals surface area contributed by atoms with Crippen molar-refractivity contribution < 1.29 is 9.13 Å². The number of likely N-dealkylation sites (tertiary alicyclic amines) is 1. The number of benzene rings is 2. The molecule has 1 aliphatic rings. The fraction of sp³-hybridized carbons (Fsp3) is 0.364. The normalized spacial score (nSPS) is 14.6. The van der Waals surface area contributed by atoms with E-state index in [-0.39, 0.29) is 5.56 Å². The van der Waals surface area contributed by atoms with Crippen LogP contribution in [0.25, 0.3) is 16.6 Å². The Morgan fingerprint density at radius 1 is 1.11 bits per heavy atom. The van der Waals surface area contributed by atoms with Crippen molar-refractivity contribution in [1.82, 2.24) is 14.5 Å². The van der Waals surface area contributed by atoms with Gasteiger partial charge in [-0.1, -0.05) is 0 Å². The Morgan fingerprint density at radius 3 is 2.61 bits per heavy atom. The summed E-state index contributed by atoms with van der Waals surface area (Å²) in [7, 11) is 0. The Kier molecular flexibility index (Phi) is 5.39. The van der Waals surface area contributed by atoms with Gasteiger partial charge in [-0.3, -0.25) is 9.36 Å². The van der Waals surface area contributed by atoms with E-state index in [9.17, 15) is 9.18 Å². The van der Waals surface area contributed by atoms with E-state index in [4.69, 9.17) is 4.74 Å². The van der Waals surface area contributed by atoms with Crippen LogP contribution in [0.3, 0.4) is 0 Å². The Balaban J connectivity index is 1.47. The van der Waals surface area contributed by atoms with Gasteiger partial charge in [0.05, 0.1) is 23.2 Å². The highest BCUT2D eigenvalue weighted by atomic mass is 19.1. The number of ether oxygens (including phenoxy) is 1. The van der Waals surface area contributed by atoms with E-state index < -0.39 is 5.82 Å². The van der Waals surface area contributed by atoms with Gasteiger partial charge in [-0.05, 0) is 75.7 Å². The Morgan fingerprint density at radius 2 is 1.86 bits per heavy atom. The smallest absolute Gasteiger partial charge is 0.265 e. The summed E-state index contributed by atoms with van der Waals surface area (Å²) in [4.78, 5) is 19.7. The molecule has 0 atom stereocenters. The van der Waals surface area contributed by atoms with Crippen LogP contribution in [0.2, 0.25) is 0 Å². The number of halogens is 1. The van der Waals surface area contributed by atoms with Gasteiger partial charge < -0.3 is 9.64 Å². The van der Waals surface area contributed by atoms with Crippen molar-refractivity contribution in [3.63, 3.8) is 0 Å². The maximum absolute atomic E-state index is 13.4. The lowest BCUT2D eigenvalue weighted by Gasteiger charge is -2.15. The molecule has 4 rings (SSSR count). The van der Waals surface area contributed by atoms with Gasteiger partial charge >= 0.3 is 0 Å². The number of hydrogen-bond acceptors (Lipinski definition) is 4. The van der Waals surface area contributed by atoms with Gasteiger partial charge in [0.2, 0.25) is 0 Å². The molecule has 1 aliphatic heterocycles. The third-order valence-electron chi connectivity index (χ3n) is 5.18. The lowest BCUT2D eigenvalue weighted by molar-refractivity contribution is 0.263. The second-order valence-electron chi connectivity index (χ2n) is 7.21. The average molecular weight is 381 g/mol. The number of fused-ring (bicyclic) bond motifs is 1. The highest BCUT2D eigenvalue weighted by Gasteiger charge is 2.12. The van der Waals surface area contributed by atoms with E-state index in [2.05, 4.69) is 9.88 Å². The van der Waals surface area contributed by atoms with Crippen LogP contribution in [-0.2, 0) is 0 Å². The predicted octanol–water partition coefficient (Wildman–Crippen LogP) is 3.70.